The zero-order valence-corrected chi connectivity index (χ0v) is 65.3. The van der Waals surface area contributed by atoms with Crippen LogP contribution in [0.2, 0.25) is 0 Å². The van der Waals surface area contributed by atoms with Crippen LogP contribution in [0, 0.1) is 0 Å². The maximum atomic E-state index is 2.68. The van der Waals surface area contributed by atoms with Gasteiger partial charge in [0.15, 0.2) is 0 Å². The molecular formula is C106H92BN3. The molecule has 0 fully saturated rings. The van der Waals surface area contributed by atoms with Crippen LogP contribution in [-0.2, 0) is 21.7 Å². The molecule has 3 heterocycles. The average molecular weight is 1420 g/mol. The number of aromatic nitrogens is 1. The molecule has 1 aromatic heterocycles. The van der Waals surface area contributed by atoms with E-state index in [0.717, 1.165) is 73.1 Å². The summed E-state index contributed by atoms with van der Waals surface area (Å²) in [7, 11) is 0. The van der Waals surface area contributed by atoms with E-state index in [4.69, 9.17) is 0 Å². The van der Waals surface area contributed by atoms with E-state index in [1.54, 1.807) is 0 Å². The summed E-state index contributed by atoms with van der Waals surface area (Å²) < 4.78 is 2.61. The van der Waals surface area contributed by atoms with Gasteiger partial charge in [-0.15, -0.1) is 0 Å². The minimum absolute atomic E-state index is 0.176. The summed E-state index contributed by atoms with van der Waals surface area (Å²) in [4.78, 5) is 5.37. The molecule has 534 valence electrons. The van der Waals surface area contributed by atoms with E-state index >= 15 is 0 Å². The summed E-state index contributed by atoms with van der Waals surface area (Å²) >= 11 is 0. The van der Waals surface area contributed by atoms with Gasteiger partial charge in [0.2, 0.25) is 0 Å². The topological polar surface area (TPSA) is 11.4 Å². The van der Waals surface area contributed by atoms with Gasteiger partial charge in [-0.2, -0.15) is 0 Å². The second kappa shape index (κ2) is 26.9. The maximum absolute atomic E-state index is 2.68. The SMILES string of the molecule is CC(C)(C)c1cc(N2c3cc(-c4ccc(-c5ccc(-c6ccccc6)cc5)cc4)ccc3B3c4ccc(-c5ccc(-c6ccc(-c7ccccc7)cc6)cc5)cc4N(c4cc(C(C)(C)C)cc(C(C)(C)C)c4)c4cc(-n5c6cc(-c7ccccc7)ccc6c6ccc(-c7ccccc7)cc65)cc2c43)cc(C(C)(C)C)c1. The summed E-state index contributed by atoms with van der Waals surface area (Å²) in [6.45, 7) is 28.3. The van der Waals surface area contributed by atoms with Crippen molar-refractivity contribution in [2.24, 2.45) is 0 Å². The Balaban J connectivity index is 0.926. The van der Waals surface area contributed by atoms with Crippen LogP contribution in [-0.4, -0.2) is 11.3 Å². The zero-order chi connectivity index (χ0) is 75.5. The van der Waals surface area contributed by atoms with Crippen molar-refractivity contribution in [2.45, 2.75) is 105 Å². The van der Waals surface area contributed by atoms with Gasteiger partial charge >= 0.3 is 0 Å². The lowest BCUT2D eigenvalue weighted by molar-refractivity contribution is 0.568. The highest BCUT2D eigenvalue weighted by atomic mass is 15.2. The molecule has 0 atom stereocenters. The number of benzene rings is 15. The van der Waals surface area contributed by atoms with Gasteiger partial charge in [0.05, 0.1) is 16.7 Å². The van der Waals surface area contributed by atoms with Crippen molar-refractivity contribution in [2.75, 3.05) is 9.80 Å². The first kappa shape index (κ1) is 69.5. The number of hydrogen-bond donors (Lipinski definition) is 0. The summed E-state index contributed by atoms with van der Waals surface area (Å²) in [5.41, 5.74) is 37.5. The molecule has 15 aromatic carbocycles. The molecule has 0 aliphatic carbocycles. The molecule has 3 nitrogen and oxygen atoms in total. The first-order valence-electron chi connectivity index (χ1n) is 39.1. The van der Waals surface area contributed by atoms with Crippen LogP contribution < -0.4 is 26.2 Å². The second-order valence-electron chi connectivity index (χ2n) is 34.7. The van der Waals surface area contributed by atoms with Crippen LogP contribution in [0.25, 0.3) is 117 Å². The van der Waals surface area contributed by atoms with E-state index in [1.165, 1.54) is 116 Å². The van der Waals surface area contributed by atoms with E-state index in [2.05, 4.69) is 437 Å². The van der Waals surface area contributed by atoms with Crippen LogP contribution in [0.5, 0.6) is 0 Å². The Morgan fingerprint density at radius 3 is 0.718 bits per heavy atom. The smallest absolute Gasteiger partial charge is 0.252 e. The molecule has 4 heteroatoms. The van der Waals surface area contributed by atoms with Gasteiger partial charge in [-0.3, -0.25) is 0 Å². The molecule has 2 aliphatic rings. The minimum Gasteiger partial charge on any atom is -0.311 e. The van der Waals surface area contributed by atoms with Crippen molar-refractivity contribution in [3.05, 3.63) is 362 Å². The fourth-order valence-electron chi connectivity index (χ4n) is 16.8. The largest absolute Gasteiger partial charge is 0.311 e. The zero-order valence-electron chi connectivity index (χ0n) is 65.3. The van der Waals surface area contributed by atoms with Crippen molar-refractivity contribution in [1.82, 2.24) is 4.57 Å². The van der Waals surface area contributed by atoms with Gasteiger partial charge in [0, 0.05) is 44.9 Å². The summed E-state index contributed by atoms with van der Waals surface area (Å²) in [5, 5.41) is 2.40. The molecule has 0 bridgehead atoms. The van der Waals surface area contributed by atoms with Gasteiger partial charge in [0.1, 0.15) is 0 Å². The molecule has 0 saturated heterocycles. The van der Waals surface area contributed by atoms with Gasteiger partial charge < -0.3 is 14.4 Å². The number of rotatable bonds is 11. The van der Waals surface area contributed by atoms with Crippen molar-refractivity contribution in [3.8, 4) is 94.7 Å². The quantitative estimate of drug-likeness (QED) is 0.120. The molecule has 0 unspecified atom stereocenters. The molecule has 18 rings (SSSR count). The van der Waals surface area contributed by atoms with E-state index in [0.29, 0.717) is 0 Å². The summed E-state index contributed by atoms with van der Waals surface area (Å²) in [5.74, 6) is 0. The van der Waals surface area contributed by atoms with E-state index in [1.807, 2.05) is 0 Å². The lowest BCUT2D eigenvalue weighted by Crippen LogP contribution is -2.61. The summed E-state index contributed by atoms with van der Waals surface area (Å²) in [6, 6.07) is 129. The van der Waals surface area contributed by atoms with Gasteiger partial charge in [0.25, 0.3) is 6.71 Å². The van der Waals surface area contributed by atoms with E-state index < -0.39 is 0 Å². The Kier molecular flexibility index (Phi) is 17.0. The molecule has 0 saturated carbocycles. The number of fused-ring (bicyclic) bond motifs is 7. The first-order chi connectivity index (χ1) is 53.0. The third kappa shape index (κ3) is 12.7. The number of anilines is 6. The molecule has 0 N–H and O–H groups in total. The van der Waals surface area contributed by atoms with Crippen LogP contribution in [0.4, 0.5) is 34.1 Å². The van der Waals surface area contributed by atoms with Crippen LogP contribution in [0.15, 0.2) is 340 Å². The summed E-state index contributed by atoms with van der Waals surface area (Å²) in [6.07, 6.45) is 0. The molecule has 16 aromatic rings. The Hall–Kier alpha value is -12.2. The Bertz CT molecular complexity index is 5740. The van der Waals surface area contributed by atoms with E-state index in [-0.39, 0.29) is 28.4 Å². The Morgan fingerprint density at radius 1 is 0.200 bits per heavy atom. The van der Waals surface area contributed by atoms with Crippen LogP contribution >= 0.6 is 0 Å². The fourth-order valence-corrected chi connectivity index (χ4v) is 16.8. The normalized spacial score (nSPS) is 12.9. The molecular weight excluding hydrogens is 1330 g/mol. The molecule has 0 radical (unpaired) electrons. The van der Waals surface area contributed by atoms with Crippen molar-refractivity contribution < 1.29 is 0 Å². The predicted molar refractivity (Wildman–Crippen MR) is 473 cm³/mol. The third-order valence-electron chi connectivity index (χ3n) is 23.2. The number of nitrogens with zero attached hydrogens (tertiary/aromatic N) is 3. The van der Waals surface area contributed by atoms with Gasteiger partial charge in [-0.25, -0.2) is 0 Å². The van der Waals surface area contributed by atoms with E-state index in [9.17, 15) is 0 Å². The van der Waals surface area contributed by atoms with Crippen molar-refractivity contribution in [1.29, 1.82) is 0 Å². The lowest BCUT2D eigenvalue weighted by Gasteiger charge is -2.45. The first-order valence-corrected chi connectivity index (χ1v) is 39.1. The lowest BCUT2D eigenvalue weighted by atomic mass is 9.33. The fraction of sp³-hybridized carbons (Fsp3) is 0.151. The van der Waals surface area contributed by atoms with Gasteiger partial charge in [-0.1, -0.05) is 362 Å². The standard InChI is InChI=1S/C106H92BN3/c1-103(2,3)85-61-86(104(4,5)6)64-89(63-85)109-98-59-83(79-45-41-77(42-46-79)75-37-33-73(34-38-75)69-25-17-13-18-26-69)51-55-94(98)107-95-56-52-84(80-47-43-78(44-48-80)76-39-35-74(36-40-76)70-27-19-14-20-28-70)60-99(95)110(90-65-87(105(7,8)9)62-88(66-90)106(10,11)12)101-68-91(67-100(109)102(101)107)108-96-57-81(71-29-21-15-22-30-71)49-53-92(96)93-54-50-82(58-97(93)108)72-31-23-16-24-32-72/h13-68H,1-12H3. The van der Waals surface area contributed by atoms with Crippen molar-refractivity contribution >= 4 is 79.0 Å². The van der Waals surface area contributed by atoms with Crippen LogP contribution in [0.3, 0.4) is 0 Å². The highest BCUT2D eigenvalue weighted by molar-refractivity contribution is 7.00. The highest BCUT2D eigenvalue weighted by Crippen LogP contribution is 2.51. The third-order valence-corrected chi connectivity index (χ3v) is 23.2. The number of hydrogen-bond acceptors (Lipinski definition) is 2. The van der Waals surface area contributed by atoms with Crippen molar-refractivity contribution in [3.63, 3.8) is 0 Å². The molecule has 2 aliphatic heterocycles. The molecule has 0 amide bonds. The predicted octanol–water partition coefficient (Wildman–Crippen LogP) is 27.4. The van der Waals surface area contributed by atoms with Crippen LogP contribution in [0.1, 0.15) is 105 Å². The minimum atomic E-state index is -0.189. The highest BCUT2D eigenvalue weighted by Gasteiger charge is 2.45. The maximum Gasteiger partial charge on any atom is 0.252 e. The molecule has 110 heavy (non-hydrogen) atoms. The molecule has 0 spiro atoms. The Morgan fingerprint density at radius 2 is 0.436 bits per heavy atom. The monoisotopic (exact) mass is 1420 g/mol. The average Bonchev–Trinajstić information content (AvgIpc) is 0.874. The van der Waals surface area contributed by atoms with Gasteiger partial charge in [-0.05, 0) is 210 Å². The Labute approximate surface area is 650 Å². The second-order valence-corrected chi connectivity index (χ2v) is 34.7.